The molecule has 2 nitrogen and oxygen atoms in total. The number of rotatable bonds is 3. The first kappa shape index (κ1) is 12.7. The van der Waals surface area contributed by atoms with Crippen molar-refractivity contribution in [2.75, 3.05) is 0 Å². The Morgan fingerprint density at radius 3 is 2.94 bits per heavy atom. The van der Waals surface area contributed by atoms with Gasteiger partial charge in [-0.15, -0.1) is 11.3 Å². The molecule has 17 heavy (non-hydrogen) atoms. The smallest absolute Gasteiger partial charge is 0.123 e. The highest BCUT2D eigenvalue weighted by Crippen LogP contribution is 2.27. The van der Waals surface area contributed by atoms with Crippen molar-refractivity contribution in [2.24, 2.45) is 0 Å². The van der Waals surface area contributed by atoms with E-state index in [0.29, 0.717) is 16.5 Å². The van der Waals surface area contributed by atoms with Gasteiger partial charge >= 0.3 is 0 Å². The van der Waals surface area contributed by atoms with Crippen LogP contribution in [0.2, 0.25) is 0 Å². The molecular weight excluding hydrogens is 305 g/mol. The van der Waals surface area contributed by atoms with E-state index in [0.717, 1.165) is 10.7 Å². The van der Waals surface area contributed by atoms with Gasteiger partial charge in [-0.2, -0.15) is 0 Å². The van der Waals surface area contributed by atoms with Gasteiger partial charge in [0.2, 0.25) is 0 Å². The maximum Gasteiger partial charge on any atom is 0.123 e. The maximum absolute atomic E-state index is 13.1. The molecule has 0 spiro atoms. The third-order valence-corrected chi connectivity index (χ3v) is 3.93. The van der Waals surface area contributed by atoms with Crippen LogP contribution in [0.25, 0.3) is 0 Å². The molecule has 0 radical (unpaired) electrons. The maximum atomic E-state index is 13.1. The van der Waals surface area contributed by atoms with E-state index in [4.69, 9.17) is 0 Å². The van der Waals surface area contributed by atoms with Crippen molar-refractivity contribution in [3.63, 3.8) is 0 Å². The van der Waals surface area contributed by atoms with E-state index in [9.17, 15) is 9.50 Å². The minimum absolute atomic E-state index is 0.350. The molecule has 0 saturated carbocycles. The van der Waals surface area contributed by atoms with Crippen LogP contribution in [0.1, 0.15) is 22.4 Å². The molecule has 1 heterocycles. The molecule has 0 fully saturated rings. The quantitative estimate of drug-likeness (QED) is 0.938. The average Bonchev–Trinajstić information content (AvgIpc) is 2.67. The number of aryl methyl sites for hydroxylation is 1. The van der Waals surface area contributed by atoms with Gasteiger partial charge in [0.15, 0.2) is 0 Å². The van der Waals surface area contributed by atoms with E-state index < -0.39 is 6.10 Å². The van der Waals surface area contributed by atoms with Gasteiger partial charge in [-0.3, -0.25) is 0 Å². The molecule has 2 rings (SSSR count). The van der Waals surface area contributed by atoms with Gasteiger partial charge in [-0.25, -0.2) is 9.37 Å². The number of nitrogens with zero attached hydrogens (tertiary/aromatic N) is 1. The van der Waals surface area contributed by atoms with Gasteiger partial charge in [0.25, 0.3) is 0 Å². The van der Waals surface area contributed by atoms with Crippen LogP contribution in [0.3, 0.4) is 0 Å². The Morgan fingerprint density at radius 2 is 2.29 bits per heavy atom. The fourth-order valence-electron chi connectivity index (χ4n) is 1.58. The fourth-order valence-corrected chi connectivity index (χ4v) is 2.72. The van der Waals surface area contributed by atoms with Crippen molar-refractivity contribution in [1.29, 1.82) is 0 Å². The average molecular weight is 316 g/mol. The molecule has 0 saturated heterocycles. The van der Waals surface area contributed by atoms with Crippen molar-refractivity contribution in [1.82, 2.24) is 4.98 Å². The van der Waals surface area contributed by atoms with Gasteiger partial charge < -0.3 is 5.11 Å². The first-order valence-electron chi connectivity index (χ1n) is 5.10. The number of halogens is 2. The Labute approximate surface area is 111 Å². The van der Waals surface area contributed by atoms with Crippen molar-refractivity contribution in [3.05, 3.63) is 50.1 Å². The second kappa shape index (κ2) is 5.25. The molecule has 2 aromatic rings. The van der Waals surface area contributed by atoms with Gasteiger partial charge in [0.1, 0.15) is 5.82 Å². The second-order valence-corrected chi connectivity index (χ2v) is 5.66. The number of thiazole rings is 1. The largest absolute Gasteiger partial charge is 0.388 e. The Morgan fingerprint density at radius 1 is 1.53 bits per heavy atom. The van der Waals surface area contributed by atoms with Crippen molar-refractivity contribution in [3.8, 4) is 0 Å². The zero-order chi connectivity index (χ0) is 12.4. The normalized spacial score (nSPS) is 12.7. The minimum Gasteiger partial charge on any atom is -0.388 e. The number of aliphatic hydroxyl groups excluding tert-OH is 1. The summed E-state index contributed by atoms with van der Waals surface area (Å²) >= 11 is 4.85. The monoisotopic (exact) mass is 315 g/mol. The molecule has 0 aliphatic carbocycles. The molecule has 0 bridgehead atoms. The molecule has 0 aliphatic heterocycles. The summed E-state index contributed by atoms with van der Waals surface area (Å²) in [4.78, 5) is 4.28. The molecule has 0 aliphatic rings. The first-order valence-corrected chi connectivity index (χ1v) is 6.77. The third kappa shape index (κ3) is 3.12. The summed E-state index contributed by atoms with van der Waals surface area (Å²) in [6.07, 6.45) is -0.353. The second-order valence-electron chi connectivity index (χ2n) is 3.74. The van der Waals surface area contributed by atoms with E-state index in [2.05, 4.69) is 20.9 Å². The summed E-state index contributed by atoms with van der Waals surface area (Å²) in [7, 11) is 0. The number of hydrogen-bond donors (Lipinski definition) is 1. The summed E-state index contributed by atoms with van der Waals surface area (Å²) in [6, 6.07) is 4.29. The number of aliphatic hydroxyl groups is 1. The number of aromatic nitrogens is 1. The lowest BCUT2D eigenvalue weighted by atomic mass is 10.1. The molecule has 1 N–H and O–H groups in total. The van der Waals surface area contributed by atoms with Crippen LogP contribution < -0.4 is 0 Å². The Bertz CT molecular complexity index is 529. The predicted octanol–water partition coefficient (Wildman–Crippen LogP) is 3.63. The molecule has 1 aromatic heterocycles. The van der Waals surface area contributed by atoms with E-state index in [1.165, 1.54) is 12.1 Å². The molecule has 0 amide bonds. The van der Waals surface area contributed by atoms with Gasteiger partial charge in [-0.1, -0.05) is 15.9 Å². The zero-order valence-corrected chi connectivity index (χ0v) is 11.6. The van der Waals surface area contributed by atoms with Gasteiger partial charge in [0.05, 0.1) is 16.8 Å². The highest BCUT2D eigenvalue weighted by molar-refractivity contribution is 9.10. The standard InChI is InChI=1S/C12H11BrFNOS/c1-7-15-9(6-17-7)5-12(16)10-4-8(14)2-3-11(10)13/h2-4,6,12,16H,5H2,1H3. The van der Waals surface area contributed by atoms with Crippen LogP contribution in [0.5, 0.6) is 0 Å². The van der Waals surface area contributed by atoms with Crippen LogP contribution >= 0.6 is 27.3 Å². The van der Waals surface area contributed by atoms with Crippen LogP contribution in [0.4, 0.5) is 4.39 Å². The lowest BCUT2D eigenvalue weighted by molar-refractivity contribution is 0.176. The molecule has 5 heteroatoms. The highest BCUT2D eigenvalue weighted by Gasteiger charge is 2.14. The van der Waals surface area contributed by atoms with E-state index in [1.807, 2.05) is 12.3 Å². The zero-order valence-electron chi connectivity index (χ0n) is 9.15. The topological polar surface area (TPSA) is 33.1 Å². The highest BCUT2D eigenvalue weighted by atomic mass is 79.9. The van der Waals surface area contributed by atoms with Crippen LogP contribution in [-0.2, 0) is 6.42 Å². The number of benzene rings is 1. The molecule has 90 valence electrons. The van der Waals surface area contributed by atoms with E-state index >= 15 is 0 Å². The van der Waals surface area contributed by atoms with Crippen molar-refractivity contribution >= 4 is 27.3 Å². The van der Waals surface area contributed by atoms with Gasteiger partial charge in [0, 0.05) is 16.3 Å². The van der Waals surface area contributed by atoms with Crippen molar-refractivity contribution < 1.29 is 9.50 Å². The Balaban J connectivity index is 2.19. The summed E-state index contributed by atoms with van der Waals surface area (Å²) in [6.45, 7) is 1.92. The van der Waals surface area contributed by atoms with E-state index in [1.54, 1.807) is 17.4 Å². The lowest BCUT2D eigenvalue weighted by Crippen LogP contribution is -2.03. The molecular formula is C12H11BrFNOS. The van der Waals surface area contributed by atoms with Crippen molar-refractivity contribution in [2.45, 2.75) is 19.4 Å². The SMILES string of the molecule is Cc1nc(CC(O)c2cc(F)ccc2Br)cs1. The summed E-state index contributed by atoms with van der Waals surface area (Å²) in [5.41, 5.74) is 1.38. The molecule has 1 aromatic carbocycles. The number of hydrogen-bond acceptors (Lipinski definition) is 3. The Kier molecular flexibility index (Phi) is 3.91. The molecule has 1 atom stereocenters. The third-order valence-electron chi connectivity index (χ3n) is 2.39. The van der Waals surface area contributed by atoms with Crippen LogP contribution in [0, 0.1) is 12.7 Å². The summed E-state index contributed by atoms with van der Waals surface area (Å²) < 4.78 is 13.8. The van der Waals surface area contributed by atoms with Gasteiger partial charge in [-0.05, 0) is 30.7 Å². The first-order chi connectivity index (χ1) is 8.06. The summed E-state index contributed by atoms with van der Waals surface area (Å²) in [5.74, 6) is -0.350. The Hall–Kier alpha value is -0.780. The summed E-state index contributed by atoms with van der Waals surface area (Å²) in [5, 5.41) is 12.9. The minimum atomic E-state index is -0.749. The lowest BCUT2D eigenvalue weighted by Gasteiger charge is -2.11. The van der Waals surface area contributed by atoms with Crippen LogP contribution in [0.15, 0.2) is 28.1 Å². The molecule has 1 unspecified atom stereocenters. The predicted molar refractivity (Wildman–Crippen MR) is 69.6 cm³/mol. The van der Waals surface area contributed by atoms with Crippen LogP contribution in [-0.4, -0.2) is 10.1 Å². The van der Waals surface area contributed by atoms with E-state index in [-0.39, 0.29) is 5.82 Å². The fraction of sp³-hybridized carbons (Fsp3) is 0.250.